The number of nitrogen functional groups attached to an aromatic ring is 1. The summed E-state index contributed by atoms with van der Waals surface area (Å²) in [5.74, 6) is -0.741. The van der Waals surface area contributed by atoms with E-state index in [-0.39, 0.29) is 38.7 Å². The van der Waals surface area contributed by atoms with Crippen molar-refractivity contribution in [3.63, 3.8) is 0 Å². The summed E-state index contributed by atoms with van der Waals surface area (Å²) < 4.78 is 25.4. The Labute approximate surface area is 189 Å². The normalized spacial score (nSPS) is 12.4. The van der Waals surface area contributed by atoms with Crippen LogP contribution < -0.4 is 15.8 Å². The van der Waals surface area contributed by atoms with E-state index in [0.717, 1.165) is 13.0 Å². The highest BCUT2D eigenvalue weighted by Gasteiger charge is 2.24. The zero-order chi connectivity index (χ0) is 22.7. The number of fused-ring (bicyclic) bond motifs is 1. The molecule has 7 nitrogen and oxygen atoms in total. The average molecular weight is 469 g/mol. The number of nitrogens with two attached hydrogens (primary N) is 1. The first-order valence-electron chi connectivity index (χ1n) is 9.59. The number of furan rings is 1. The van der Waals surface area contributed by atoms with Gasteiger partial charge in [0.15, 0.2) is 11.4 Å². The van der Waals surface area contributed by atoms with Gasteiger partial charge in [0.1, 0.15) is 18.2 Å². The lowest BCUT2D eigenvalue weighted by atomic mass is 10.1. The number of rotatable bonds is 8. The molecule has 1 atom stereocenters. The van der Waals surface area contributed by atoms with Crippen LogP contribution in [0, 0.1) is 5.82 Å². The minimum absolute atomic E-state index is 0.0512. The fourth-order valence-corrected chi connectivity index (χ4v) is 3.79. The molecule has 0 aliphatic heterocycles. The van der Waals surface area contributed by atoms with Crippen molar-refractivity contribution >= 4 is 45.9 Å². The van der Waals surface area contributed by atoms with E-state index in [4.69, 9.17) is 38.1 Å². The van der Waals surface area contributed by atoms with E-state index in [1.165, 1.54) is 24.6 Å². The van der Waals surface area contributed by atoms with Crippen LogP contribution in [0.5, 0.6) is 5.75 Å². The highest BCUT2D eigenvalue weighted by atomic mass is 35.5. The Morgan fingerprint density at radius 1 is 1.39 bits per heavy atom. The molecule has 2 heterocycles. The van der Waals surface area contributed by atoms with Crippen molar-refractivity contribution in [2.45, 2.75) is 19.4 Å². The summed E-state index contributed by atoms with van der Waals surface area (Å²) in [5, 5.41) is 3.40. The molecule has 166 valence electrons. The number of ether oxygens (including phenoxy) is 1. The summed E-state index contributed by atoms with van der Waals surface area (Å²) in [5.41, 5.74) is 6.82. The van der Waals surface area contributed by atoms with Gasteiger partial charge in [0.25, 0.3) is 5.91 Å². The second-order valence-electron chi connectivity index (χ2n) is 7.29. The van der Waals surface area contributed by atoms with E-state index in [2.05, 4.69) is 10.3 Å². The van der Waals surface area contributed by atoms with Crippen LogP contribution >= 0.6 is 23.2 Å². The Morgan fingerprint density at radius 2 is 2.13 bits per heavy atom. The number of carbonyl (C=O) groups is 1. The fraction of sp³-hybridized carbons (Fsp3) is 0.333. The summed E-state index contributed by atoms with van der Waals surface area (Å²) >= 11 is 12.3. The molecule has 0 bridgehead atoms. The van der Waals surface area contributed by atoms with E-state index >= 15 is 0 Å². The largest absolute Gasteiger partial charge is 0.478 e. The van der Waals surface area contributed by atoms with Crippen molar-refractivity contribution in [2.75, 3.05) is 32.9 Å². The Morgan fingerprint density at radius 3 is 2.84 bits per heavy atom. The van der Waals surface area contributed by atoms with Crippen LogP contribution in [0.15, 0.2) is 29.0 Å². The summed E-state index contributed by atoms with van der Waals surface area (Å²) in [6.07, 6.45) is 2.81. The van der Waals surface area contributed by atoms with Crippen LogP contribution in [-0.2, 0) is 0 Å². The lowest BCUT2D eigenvalue weighted by Crippen LogP contribution is -2.26. The average Bonchev–Trinajstić information content (AvgIpc) is 3.14. The summed E-state index contributed by atoms with van der Waals surface area (Å²) in [4.78, 5) is 18.7. The molecule has 31 heavy (non-hydrogen) atoms. The molecule has 0 fully saturated rings. The Kier molecular flexibility index (Phi) is 7.25. The van der Waals surface area contributed by atoms with Gasteiger partial charge in [-0.3, -0.25) is 4.79 Å². The van der Waals surface area contributed by atoms with E-state index in [1.807, 2.05) is 19.0 Å². The number of carbonyl (C=O) groups excluding carboxylic acids is 1. The third kappa shape index (κ3) is 5.03. The standard InChI is InChI=1S/C21H23Cl2FN4O3/c1-11(16-14(22)5-6-15(24)17(16)23)31-19-18-12(9-27-20(19)25)13(10-30-18)21(29)26-7-4-8-28(2)3/h5-6,9-11H,4,7-8H2,1-3H3,(H2,25,27)(H,26,29)/t11-/m1/s1. The van der Waals surface area contributed by atoms with Gasteiger partial charge in [-0.05, 0) is 46.1 Å². The second-order valence-corrected chi connectivity index (χ2v) is 8.08. The monoisotopic (exact) mass is 468 g/mol. The van der Waals surface area contributed by atoms with Crippen molar-refractivity contribution in [3.8, 4) is 5.75 Å². The second kappa shape index (κ2) is 9.72. The summed E-state index contributed by atoms with van der Waals surface area (Å²) in [6.45, 7) is 3.01. The van der Waals surface area contributed by atoms with E-state index in [1.54, 1.807) is 6.92 Å². The van der Waals surface area contributed by atoms with Crippen molar-refractivity contribution in [1.29, 1.82) is 0 Å². The van der Waals surface area contributed by atoms with Gasteiger partial charge in [0.05, 0.1) is 16.0 Å². The van der Waals surface area contributed by atoms with Crippen LogP contribution in [-0.4, -0.2) is 43.0 Å². The fourth-order valence-electron chi connectivity index (χ4n) is 3.11. The highest BCUT2D eigenvalue weighted by molar-refractivity contribution is 6.36. The maximum Gasteiger partial charge on any atom is 0.255 e. The summed E-state index contributed by atoms with van der Waals surface area (Å²) in [7, 11) is 3.93. The number of hydrogen-bond acceptors (Lipinski definition) is 6. The third-order valence-corrected chi connectivity index (χ3v) is 5.41. The number of benzene rings is 1. The zero-order valence-electron chi connectivity index (χ0n) is 17.3. The van der Waals surface area contributed by atoms with Crippen LogP contribution in [0.4, 0.5) is 10.2 Å². The summed E-state index contributed by atoms with van der Waals surface area (Å²) in [6, 6.07) is 2.57. The van der Waals surface area contributed by atoms with E-state index < -0.39 is 11.9 Å². The van der Waals surface area contributed by atoms with Crippen LogP contribution in [0.3, 0.4) is 0 Å². The quantitative estimate of drug-likeness (QED) is 0.368. The maximum atomic E-state index is 13.9. The first-order chi connectivity index (χ1) is 14.7. The molecule has 1 aromatic carbocycles. The predicted octanol–water partition coefficient (Wildman–Crippen LogP) is 4.68. The van der Waals surface area contributed by atoms with Crippen molar-refractivity contribution in [1.82, 2.24) is 15.2 Å². The Bertz CT molecular complexity index is 1100. The highest BCUT2D eigenvalue weighted by Crippen LogP contribution is 2.39. The molecule has 3 rings (SSSR count). The molecule has 0 saturated heterocycles. The first-order valence-corrected chi connectivity index (χ1v) is 10.3. The molecular formula is C21H23Cl2FN4O3. The van der Waals surface area contributed by atoms with Crippen molar-refractivity contribution < 1.29 is 18.3 Å². The van der Waals surface area contributed by atoms with E-state index in [9.17, 15) is 9.18 Å². The molecule has 0 radical (unpaired) electrons. The number of aromatic nitrogens is 1. The van der Waals surface area contributed by atoms with Crippen LogP contribution in [0.1, 0.15) is 35.4 Å². The predicted molar refractivity (Wildman–Crippen MR) is 119 cm³/mol. The number of nitrogens with one attached hydrogen (secondary N) is 1. The van der Waals surface area contributed by atoms with Crippen LogP contribution in [0.2, 0.25) is 10.0 Å². The number of anilines is 1. The molecule has 0 aliphatic rings. The number of hydrogen-bond donors (Lipinski definition) is 2. The van der Waals surface area contributed by atoms with Gasteiger partial charge < -0.3 is 25.1 Å². The molecule has 0 aliphatic carbocycles. The minimum atomic E-state index is -0.765. The Balaban J connectivity index is 1.86. The maximum absolute atomic E-state index is 13.9. The SMILES string of the molecule is C[C@@H](Oc1c(N)ncc2c(C(=O)NCCCN(C)C)coc12)c1c(Cl)ccc(F)c1Cl. The van der Waals surface area contributed by atoms with Gasteiger partial charge in [-0.25, -0.2) is 9.37 Å². The number of amides is 1. The zero-order valence-corrected chi connectivity index (χ0v) is 18.9. The minimum Gasteiger partial charge on any atom is -0.478 e. The number of nitrogens with zero attached hydrogens (tertiary/aromatic N) is 2. The smallest absolute Gasteiger partial charge is 0.255 e. The molecule has 1 amide bonds. The molecule has 10 heteroatoms. The molecule has 3 N–H and O–H groups in total. The van der Waals surface area contributed by atoms with Gasteiger partial charge in [-0.1, -0.05) is 23.2 Å². The first kappa shape index (κ1) is 23.1. The van der Waals surface area contributed by atoms with E-state index in [0.29, 0.717) is 17.5 Å². The molecule has 0 spiro atoms. The van der Waals surface area contributed by atoms with Crippen LogP contribution in [0.25, 0.3) is 11.0 Å². The van der Waals surface area contributed by atoms with Gasteiger partial charge in [0.2, 0.25) is 5.75 Å². The lowest BCUT2D eigenvalue weighted by molar-refractivity contribution is 0.0953. The molecule has 3 aromatic rings. The van der Waals surface area contributed by atoms with Gasteiger partial charge >= 0.3 is 0 Å². The molecule has 2 aromatic heterocycles. The van der Waals surface area contributed by atoms with Crippen molar-refractivity contribution in [2.24, 2.45) is 0 Å². The molecule has 0 unspecified atom stereocenters. The molecular weight excluding hydrogens is 446 g/mol. The lowest BCUT2D eigenvalue weighted by Gasteiger charge is -2.18. The third-order valence-electron chi connectivity index (χ3n) is 4.69. The molecule has 0 saturated carbocycles. The van der Waals surface area contributed by atoms with Gasteiger partial charge in [-0.2, -0.15) is 0 Å². The number of halogens is 3. The van der Waals surface area contributed by atoms with Gasteiger partial charge in [0, 0.05) is 23.3 Å². The topological polar surface area (TPSA) is 93.6 Å². The van der Waals surface area contributed by atoms with Crippen molar-refractivity contribution in [3.05, 3.63) is 51.6 Å². The van der Waals surface area contributed by atoms with Gasteiger partial charge in [-0.15, -0.1) is 0 Å². The number of pyridine rings is 1. The Hall–Kier alpha value is -2.55.